The van der Waals surface area contributed by atoms with Crippen LogP contribution >= 0.6 is 35.7 Å². The van der Waals surface area contributed by atoms with Crippen molar-refractivity contribution in [3.05, 3.63) is 29.7 Å². The molecule has 0 atom stereocenters. The summed E-state index contributed by atoms with van der Waals surface area (Å²) in [5.41, 5.74) is 5.53. The van der Waals surface area contributed by atoms with Crippen LogP contribution in [0.2, 0.25) is 0 Å². The highest BCUT2D eigenvalue weighted by atomic mass is 127. The second-order valence-corrected chi connectivity index (χ2v) is 6.26. The van der Waals surface area contributed by atoms with Crippen molar-refractivity contribution in [1.29, 1.82) is 0 Å². The molecule has 3 heterocycles. The molecule has 0 spiro atoms. The molecule has 1 saturated heterocycles. The average Bonchev–Trinajstić information content (AvgIpc) is 2.95. The zero-order valence-electron chi connectivity index (χ0n) is 12.5. The van der Waals surface area contributed by atoms with Gasteiger partial charge in [-0.3, -0.25) is 4.40 Å². The van der Waals surface area contributed by atoms with Crippen molar-refractivity contribution in [2.75, 3.05) is 24.6 Å². The van der Waals surface area contributed by atoms with Crippen molar-refractivity contribution in [2.24, 2.45) is 10.7 Å². The van der Waals surface area contributed by atoms with Crippen LogP contribution in [0, 0.1) is 0 Å². The summed E-state index contributed by atoms with van der Waals surface area (Å²) in [6.07, 6.45) is -3.43. The van der Waals surface area contributed by atoms with Crippen LogP contribution in [0.15, 0.2) is 23.3 Å². The van der Waals surface area contributed by atoms with Gasteiger partial charge in [0.25, 0.3) is 0 Å². The van der Waals surface area contributed by atoms with Gasteiger partial charge < -0.3 is 10.6 Å². The number of rotatable bonds is 2. The number of guanidine groups is 1. The van der Waals surface area contributed by atoms with Gasteiger partial charge in [0.1, 0.15) is 6.54 Å². The van der Waals surface area contributed by atoms with E-state index in [-0.39, 0.29) is 30.5 Å². The molecule has 132 valence electrons. The number of thioether (sulfide) groups is 1. The van der Waals surface area contributed by atoms with Gasteiger partial charge >= 0.3 is 6.18 Å². The van der Waals surface area contributed by atoms with E-state index in [2.05, 4.69) is 15.2 Å². The third kappa shape index (κ3) is 4.23. The second kappa shape index (κ2) is 7.76. The maximum atomic E-state index is 12.8. The van der Waals surface area contributed by atoms with Crippen LogP contribution in [0.5, 0.6) is 0 Å². The standard InChI is InChI=1S/C13H15F3N6S.HI/c14-13(15,16)9-1-2-10-19-20-11(22(10)8-9)7-18-12(17)21-3-5-23-6-4-21;/h1-2,8H,3-7H2,(H2,17,18);1H. The van der Waals surface area contributed by atoms with Crippen LogP contribution in [0.25, 0.3) is 5.65 Å². The number of alkyl halides is 3. The Morgan fingerprint density at radius 1 is 1.25 bits per heavy atom. The third-order valence-electron chi connectivity index (χ3n) is 3.52. The maximum Gasteiger partial charge on any atom is 0.417 e. The van der Waals surface area contributed by atoms with Gasteiger partial charge in [-0.25, -0.2) is 4.99 Å². The Morgan fingerprint density at radius 2 is 1.96 bits per heavy atom. The molecule has 0 radical (unpaired) electrons. The molecule has 3 rings (SSSR count). The van der Waals surface area contributed by atoms with E-state index in [9.17, 15) is 13.2 Å². The Hall–Kier alpha value is -1.24. The summed E-state index contributed by atoms with van der Waals surface area (Å²) in [5, 5.41) is 7.75. The van der Waals surface area contributed by atoms with E-state index >= 15 is 0 Å². The number of hydrogen-bond donors (Lipinski definition) is 1. The summed E-state index contributed by atoms with van der Waals surface area (Å²) in [4.78, 5) is 6.20. The first kappa shape index (κ1) is 19.1. The van der Waals surface area contributed by atoms with Gasteiger partial charge in [0.2, 0.25) is 0 Å². The van der Waals surface area contributed by atoms with E-state index in [1.54, 1.807) is 0 Å². The van der Waals surface area contributed by atoms with Crippen molar-refractivity contribution in [3.8, 4) is 0 Å². The predicted octanol–water partition coefficient (Wildman–Crippen LogP) is 2.23. The van der Waals surface area contributed by atoms with E-state index in [1.165, 1.54) is 10.5 Å². The van der Waals surface area contributed by atoms with E-state index in [4.69, 9.17) is 5.73 Å². The van der Waals surface area contributed by atoms with Crippen LogP contribution in [-0.2, 0) is 12.7 Å². The molecule has 0 bridgehead atoms. The highest BCUT2D eigenvalue weighted by Crippen LogP contribution is 2.29. The van der Waals surface area contributed by atoms with Crippen LogP contribution in [-0.4, -0.2) is 50.1 Å². The monoisotopic (exact) mass is 472 g/mol. The Morgan fingerprint density at radius 3 is 2.62 bits per heavy atom. The first-order chi connectivity index (χ1) is 10.9. The van der Waals surface area contributed by atoms with Gasteiger partial charge in [0, 0.05) is 30.8 Å². The number of hydrogen-bond acceptors (Lipinski definition) is 4. The van der Waals surface area contributed by atoms with Gasteiger partial charge in [0.15, 0.2) is 17.4 Å². The topological polar surface area (TPSA) is 71.8 Å². The third-order valence-corrected chi connectivity index (χ3v) is 4.46. The molecule has 24 heavy (non-hydrogen) atoms. The van der Waals surface area contributed by atoms with Crippen molar-refractivity contribution in [3.63, 3.8) is 0 Å². The number of fused-ring (bicyclic) bond motifs is 1. The summed E-state index contributed by atoms with van der Waals surface area (Å²) in [6, 6.07) is 2.27. The Labute approximate surface area is 157 Å². The maximum absolute atomic E-state index is 12.8. The number of halogens is 4. The van der Waals surface area contributed by atoms with Crippen molar-refractivity contribution in [2.45, 2.75) is 12.7 Å². The van der Waals surface area contributed by atoms with Gasteiger partial charge in [0.05, 0.1) is 5.56 Å². The zero-order valence-corrected chi connectivity index (χ0v) is 15.7. The molecule has 1 aliphatic rings. The van der Waals surface area contributed by atoms with Gasteiger partial charge in [-0.05, 0) is 12.1 Å². The summed E-state index contributed by atoms with van der Waals surface area (Å²) < 4.78 is 39.7. The van der Waals surface area contributed by atoms with E-state index in [0.717, 1.165) is 36.9 Å². The Balaban J connectivity index is 0.00000208. The number of pyridine rings is 1. The number of nitrogens with two attached hydrogens (primary N) is 1. The van der Waals surface area contributed by atoms with Crippen molar-refractivity contribution >= 4 is 47.3 Å². The molecule has 0 aliphatic carbocycles. The van der Waals surface area contributed by atoms with Crippen molar-refractivity contribution in [1.82, 2.24) is 19.5 Å². The molecule has 0 unspecified atom stereocenters. The fourth-order valence-corrected chi connectivity index (χ4v) is 3.16. The molecule has 2 aromatic heterocycles. The zero-order chi connectivity index (χ0) is 16.4. The SMILES string of the molecule is I.NC(=NCc1nnc2ccc(C(F)(F)F)cn12)N1CCSCC1. The summed E-state index contributed by atoms with van der Waals surface area (Å²) in [7, 11) is 0. The molecule has 1 fully saturated rings. The molecule has 0 aromatic carbocycles. The highest BCUT2D eigenvalue weighted by Gasteiger charge is 2.31. The lowest BCUT2D eigenvalue weighted by molar-refractivity contribution is -0.137. The lowest BCUT2D eigenvalue weighted by Gasteiger charge is -2.27. The normalized spacial score (nSPS) is 16.3. The van der Waals surface area contributed by atoms with E-state index in [1.807, 2.05) is 16.7 Å². The summed E-state index contributed by atoms with van der Waals surface area (Å²) >= 11 is 1.85. The molecule has 11 heteroatoms. The number of aromatic nitrogens is 3. The minimum Gasteiger partial charge on any atom is -0.370 e. The quantitative estimate of drug-likeness (QED) is 0.413. The molecule has 2 N–H and O–H groups in total. The van der Waals surface area contributed by atoms with Crippen LogP contribution in [0.4, 0.5) is 13.2 Å². The lowest BCUT2D eigenvalue weighted by atomic mass is 10.3. The number of nitrogens with zero attached hydrogens (tertiary/aromatic N) is 5. The summed E-state index contributed by atoms with van der Waals surface area (Å²) in [6.45, 7) is 1.72. The minimum absolute atomic E-state index is 0. The lowest BCUT2D eigenvalue weighted by Crippen LogP contribution is -2.42. The van der Waals surface area contributed by atoms with Crippen LogP contribution < -0.4 is 5.73 Å². The Bertz CT molecular complexity index is 726. The number of aliphatic imine (C=N–C) groups is 1. The van der Waals surface area contributed by atoms with E-state index < -0.39 is 11.7 Å². The summed E-state index contributed by atoms with van der Waals surface area (Å²) in [5.74, 6) is 2.67. The largest absolute Gasteiger partial charge is 0.417 e. The molecular weight excluding hydrogens is 456 g/mol. The molecule has 2 aromatic rings. The fourth-order valence-electron chi connectivity index (χ4n) is 2.26. The second-order valence-electron chi connectivity index (χ2n) is 5.03. The molecule has 1 aliphatic heterocycles. The predicted molar refractivity (Wildman–Crippen MR) is 97.6 cm³/mol. The molecule has 0 saturated carbocycles. The molecule has 0 amide bonds. The highest BCUT2D eigenvalue weighted by molar-refractivity contribution is 14.0. The van der Waals surface area contributed by atoms with Crippen molar-refractivity contribution < 1.29 is 13.2 Å². The van der Waals surface area contributed by atoms with Gasteiger partial charge in [-0.2, -0.15) is 24.9 Å². The smallest absolute Gasteiger partial charge is 0.370 e. The minimum atomic E-state index is -4.41. The van der Waals surface area contributed by atoms with Crippen LogP contribution in [0.1, 0.15) is 11.4 Å². The molecule has 6 nitrogen and oxygen atoms in total. The average molecular weight is 472 g/mol. The first-order valence-corrected chi connectivity index (χ1v) is 8.14. The van der Waals surface area contributed by atoms with E-state index in [0.29, 0.717) is 17.4 Å². The van der Waals surface area contributed by atoms with Crippen LogP contribution in [0.3, 0.4) is 0 Å². The Kier molecular flexibility index (Phi) is 6.17. The first-order valence-electron chi connectivity index (χ1n) is 6.98. The van der Waals surface area contributed by atoms with Gasteiger partial charge in [-0.15, -0.1) is 34.2 Å². The van der Waals surface area contributed by atoms with Gasteiger partial charge in [-0.1, -0.05) is 0 Å². The molecular formula is C13H16F3IN6S. The fraction of sp³-hybridized carbons (Fsp3) is 0.462.